The van der Waals surface area contributed by atoms with Gasteiger partial charge in [-0.1, -0.05) is 36.4 Å². The van der Waals surface area contributed by atoms with Crippen LogP contribution in [0.2, 0.25) is 0 Å². The average molecular weight is 427 g/mol. The van der Waals surface area contributed by atoms with Crippen molar-refractivity contribution in [1.82, 2.24) is 4.90 Å². The molecule has 0 aromatic heterocycles. The monoisotopic (exact) mass is 427 g/mol. The molecule has 2 aliphatic heterocycles. The lowest BCUT2D eigenvalue weighted by Crippen LogP contribution is -2.37. The van der Waals surface area contributed by atoms with Gasteiger partial charge in [-0.05, 0) is 48.4 Å². The number of imide groups is 1. The minimum atomic E-state index is -0.478. The summed E-state index contributed by atoms with van der Waals surface area (Å²) in [4.78, 5) is 41.3. The lowest BCUT2D eigenvalue weighted by atomic mass is 10.0. The van der Waals surface area contributed by atoms with Crippen LogP contribution in [0.15, 0.2) is 72.4 Å². The number of nitro groups is 1. The number of amides is 2. The first kappa shape index (κ1) is 19.9. The van der Waals surface area contributed by atoms with Crippen LogP contribution < -0.4 is 4.90 Å². The van der Waals surface area contributed by atoms with Gasteiger partial charge in [-0.3, -0.25) is 19.7 Å². The number of nitrogens with zero attached hydrogens (tertiary/aromatic N) is 3. The number of rotatable bonds is 4. The molecule has 0 saturated carbocycles. The van der Waals surface area contributed by atoms with Gasteiger partial charge in [0.1, 0.15) is 5.70 Å². The summed E-state index contributed by atoms with van der Waals surface area (Å²) in [6.45, 7) is 1.41. The minimum Gasteiger partial charge on any atom is -0.366 e. The predicted octanol–water partition coefficient (Wildman–Crippen LogP) is 4.52. The molecule has 2 heterocycles. The molecule has 160 valence electrons. The van der Waals surface area contributed by atoms with Gasteiger partial charge in [0.25, 0.3) is 17.5 Å². The molecule has 0 aliphatic carbocycles. The van der Waals surface area contributed by atoms with Crippen molar-refractivity contribution in [1.29, 1.82) is 0 Å². The highest BCUT2D eigenvalue weighted by molar-refractivity contribution is 6.46. The number of carbonyl (C=O) groups excluding carboxylic acids is 2. The van der Waals surface area contributed by atoms with Crippen molar-refractivity contribution in [2.24, 2.45) is 0 Å². The third kappa shape index (κ3) is 3.22. The smallest absolute Gasteiger partial charge is 0.282 e. The highest BCUT2D eigenvalue weighted by atomic mass is 16.6. The minimum absolute atomic E-state index is 0.0587. The number of nitro benzene ring substituents is 1. The van der Waals surface area contributed by atoms with E-state index >= 15 is 0 Å². The second-order valence-electron chi connectivity index (χ2n) is 8.02. The van der Waals surface area contributed by atoms with Crippen LogP contribution in [-0.4, -0.2) is 34.7 Å². The molecule has 0 spiro atoms. The Kier molecular flexibility index (Phi) is 4.93. The van der Waals surface area contributed by atoms with Gasteiger partial charge in [0.05, 0.1) is 16.2 Å². The molecular weight excluding hydrogens is 406 g/mol. The van der Waals surface area contributed by atoms with Crippen LogP contribution in [0.3, 0.4) is 0 Å². The van der Waals surface area contributed by atoms with E-state index in [0.29, 0.717) is 35.6 Å². The molecule has 0 atom stereocenters. The van der Waals surface area contributed by atoms with Crippen molar-refractivity contribution < 1.29 is 14.5 Å². The molecule has 3 aromatic rings. The molecule has 1 saturated heterocycles. The quantitative estimate of drug-likeness (QED) is 0.347. The predicted molar refractivity (Wildman–Crippen MR) is 122 cm³/mol. The fourth-order valence-electron chi connectivity index (χ4n) is 4.56. The van der Waals surface area contributed by atoms with Crippen molar-refractivity contribution in [3.05, 3.63) is 88.1 Å². The average Bonchev–Trinajstić information content (AvgIpc) is 3.09. The van der Waals surface area contributed by atoms with Crippen LogP contribution in [0, 0.1) is 10.1 Å². The SMILES string of the molecule is O=C1C(c2ccc([N+](=O)[O-])cc2)=C(N2CCCCC2)C(=O)N1c1cccc2ccccc12. The van der Waals surface area contributed by atoms with Crippen LogP contribution >= 0.6 is 0 Å². The summed E-state index contributed by atoms with van der Waals surface area (Å²) in [5, 5.41) is 12.8. The molecule has 3 aromatic carbocycles. The standard InChI is InChI=1S/C25H21N3O4/c29-24-22(18-11-13-19(14-12-18)28(31)32)23(26-15-4-1-5-16-26)25(30)27(24)21-10-6-8-17-7-2-3-9-20(17)21/h2-3,6-14H,1,4-5,15-16H2. The first-order chi connectivity index (χ1) is 15.6. The Bertz CT molecular complexity index is 1270. The van der Waals surface area contributed by atoms with Gasteiger partial charge < -0.3 is 4.90 Å². The molecule has 2 amide bonds. The van der Waals surface area contributed by atoms with Crippen molar-refractivity contribution in [3.8, 4) is 0 Å². The number of carbonyl (C=O) groups is 2. The Morgan fingerprint density at radius 3 is 2.19 bits per heavy atom. The Labute approximate surface area is 184 Å². The van der Waals surface area contributed by atoms with Gasteiger partial charge in [0.2, 0.25) is 0 Å². The maximum atomic E-state index is 13.7. The molecular formula is C25H21N3O4. The summed E-state index contributed by atoms with van der Waals surface area (Å²) in [6, 6.07) is 19.0. The summed E-state index contributed by atoms with van der Waals surface area (Å²) < 4.78 is 0. The van der Waals surface area contributed by atoms with Crippen LogP contribution in [0.25, 0.3) is 16.3 Å². The van der Waals surface area contributed by atoms with Crippen LogP contribution in [0.5, 0.6) is 0 Å². The molecule has 0 N–H and O–H groups in total. The molecule has 0 radical (unpaired) electrons. The number of hydrogen-bond acceptors (Lipinski definition) is 5. The summed E-state index contributed by atoms with van der Waals surface area (Å²) in [5.74, 6) is -0.748. The molecule has 2 aliphatic rings. The molecule has 1 fully saturated rings. The Balaban J connectivity index is 1.65. The Morgan fingerprint density at radius 2 is 1.47 bits per heavy atom. The van der Waals surface area contributed by atoms with Crippen molar-refractivity contribution in [3.63, 3.8) is 0 Å². The normalized spacial score (nSPS) is 16.9. The van der Waals surface area contributed by atoms with E-state index in [1.807, 2.05) is 41.3 Å². The number of non-ortho nitro benzene ring substituents is 1. The van der Waals surface area contributed by atoms with E-state index in [0.717, 1.165) is 30.0 Å². The summed E-state index contributed by atoms with van der Waals surface area (Å²) in [7, 11) is 0. The van der Waals surface area contributed by atoms with Crippen LogP contribution in [0.4, 0.5) is 11.4 Å². The Morgan fingerprint density at radius 1 is 0.781 bits per heavy atom. The van der Waals surface area contributed by atoms with Gasteiger partial charge in [0, 0.05) is 30.6 Å². The first-order valence-electron chi connectivity index (χ1n) is 10.7. The first-order valence-corrected chi connectivity index (χ1v) is 10.7. The van der Waals surface area contributed by atoms with Gasteiger partial charge in [0.15, 0.2) is 0 Å². The molecule has 7 nitrogen and oxygen atoms in total. The Hall–Kier alpha value is -4.00. The maximum Gasteiger partial charge on any atom is 0.282 e. The van der Waals surface area contributed by atoms with E-state index in [2.05, 4.69) is 0 Å². The third-order valence-corrected chi connectivity index (χ3v) is 6.11. The molecule has 0 unspecified atom stereocenters. The zero-order chi connectivity index (χ0) is 22.2. The second-order valence-corrected chi connectivity index (χ2v) is 8.02. The summed E-state index contributed by atoms with van der Waals surface area (Å²) in [5.41, 5.74) is 1.69. The van der Waals surface area contributed by atoms with Crippen LogP contribution in [-0.2, 0) is 9.59 Å². The fraction of sp³-hybridized carbons (Fsp3) is 0.200. The van der Waals surface area contributed by atoms with Crippen molar-refractivity contribution in [2.45, 2.75) is 19.3 Å². The second kappa shape index (κ2) is 7.92. The highest BCUT2D eigenvalue weighted by Crippen LogP contribution is 2.38. The molecule has 7 heteroatoms. The third-order valence-electron chi connectivity index (χ3n) is 6.11. The number of benzene rings is 3. The van der Waals surface area contributed by atoms with Gasteiger partial charge in [-0.15, -0.1) is 0 Å². The van der Waals surface area contributed by atoms with Gasteiger partial charge in [-0.2, -0.15) is 0 Å². The largest absolute Gasteiger partial charge is 0.366 e. The molecule has 32 heavy (non-hydrogen) atoms. The van der Waals surface area contributed by atoms with E-state index in [-0.39, 0.29) is 11.6 Å². The molecule has 5 rings (SSSR count). The highest BCUT2D eigenvalue weighted by Gasteiger charge is 2.43. The van der Waals surface area contributed by atoms with Crippen molar-refractivity contribution in [2.75, 3.05) is 18.0 Å². The topological polar surface area (TPSA) is 83.8 Å². The van der Waals surface area contributed by atoms with Gasteiger partial charge >= 0.3 is 0 Å². The number of hydrogen-bond donors (Lipinski definition) is 0. The zero-order valence-electron chi connectivity index (χ0n) is 17.4. The molecule has 0 bridgehead atoms. The lowest BCUT2D eigenvalue weighted by Gasteiger charge is -2.29. The maximum absolute atomic E-state index is 13.7. The number of piperidine rings is 1. The van der Waals surface area contributed by atoms with E-state index in [4.69, 9.17) is 0 Å². The van der Waals surface area contributed by atoms with E-state index in [1.165, 1.54) is 17.0 Å². The van der Waals surface area contributed by atoms with E-state index in [1.54, 1.807) is 18.2 Å². The van der Waals surface area contributed by atoms with E-state index in [9.17, 15) is 19.7 Å². The fourth-order valence-corrected chi connectivity index (χ4v) is 4.56. The summed E-state index contributed by atoms with van der Waals surface area (Å²) >= 11 is 0. The number of anilines is 1. The lowest BCUT2D eigenvalue weighted by molar-refractivity contribution is -0.384. The zero-order valence-corrected chi connectivity index (χ0v) is 17.4. The number of fused-ring (bicyclic) bond motifs is 1. The van der Waals surface area contributed by atoms with E-state index < -0.39 is 10.8 Å². The van der Waals surface area contributed by atoms with Crippen molar-refractivity contribution >= 4 is 39.5 Å². The number of likely N-dealkylation sites (tertiary alicyclic amines) is 1. The summed E-state index contributed by atoms with van der Waals surface area (Å²) in [6.07, 6.45) is 2.99. The van der Waals surface area contributed by atoms with Gasteiger partial charge in [-0.25, -0.2) is 4.90 Å². The van der Waals surface area contributed by atoms with Crippen LogP contribution in [0.1, 0.15) is 24.8 Å².